The van der Waals surface area contributed by atoms with Gasteiger partial charge in [-0.2, -0.15) is 0 Å². The zero-order valence-corrected chi connectivity index (χ0v) is 16.3. The molecule has 6 heteroatoms. The first-order chi connectivity index (χ1) is 12.4. The van der Waals surface area contributed by atoms with E-state index in [0.717, 1.165) is 39.3 Å². The number of amides is 1. The van der Waals surface area contributed by atoms with Crippen molar-refractivity contribution >= 4 is 27.5 Å². The summed E-state index contributed by atoms with van der Waals surface area (Å²) in [5, 5.41) is 0.970. The van der Waals surface area contributed by atoms with Gasteiger partial charge in [0, 0.05) is 30.6 Å². The molecule has 0 aliphatic carbocycles. The Balaban J connectivity index is 1.97. The fraction of sp³-hybridized carbons (Fsp3) is 0.350. The number of aryl methyl sites for hydroxylation is 3. The van der Waals surface area contributed by atoms with Gasteiger partial charge in [0.05, 0.1) is 4.88 Å². The second-order valence-corrected chi connectivity index (χ2v) is 7.26. The summed E-state index contributed by atoms with van der Waals surface area (Å²) in [6.07, 6.45) is 0.762. The molecule has 0 radical (unpaired) electrons. The van der Waals surface area contributed by atoms with Crippen molar-refractivity contribution in [2.75, 3.05) is 6.54 Å². The SMILES string of the molecule is CCc1nc(C)c2c(C)c(C(=O)N(CC)Cc3cccc(F)c3)sc2n1. The third kappa shape index (κ3) is 3.46. The van der Waals surface area contributed by atoms with Crippen molar-refractivity contribution in [3.05, 3.63) is 57.6 Å². The highest BCUT2D eigenvalue weighted by Gasteiger charge is 2.23. The lowest BCUT2D eigenvalue weighted by Crippen LogP contribution is -2.30. The van der Waals surface area contributed by atoms with Crippen LogP contribution in [0.1, 0.15) is 46.2 Å². The first-order valence-corrected chi connectivity index (χ1v) is 9.56. The predicted octanol–water partition coefficient (Wildman–Crippen LogP) is 4.67. The van der Waals surface area contributed by atoms with Gasteiger partial charge in [0.25, 0.3) is 5.91 Å². The van der Waals surface area contributed by atoms with Gasteiger partial charge in [0.15, 0.2) is 0 Å². The number of benzene rings is 1. The quantitative estimate of drug-likeness (QED) is 0.655. The van der Waals surface area contributed by atoms with E-state index in [4.69, 9.17) is 0 Å². The van der Waals surface area contributed by atoms with Gasteiger partial charge in [0.1, 0.15) is 16.5 Å². The van der Waals surface area contributed by atoms with Crippen LogP contribution in [-0.4, -0.2) is 27.3 Å². The van der Waals surface area contributed by atoms with E-state index in [1.807, 2.05) is 33.8 Å². The van der Waals surface area contributed by atoms with Crippen LogP contribution < -0.4 is 0 Å². The Morgan fingerprint density at radius 1 is 1.23 bits per heavy atom. The number of hydrogen-bond donors (Lipinski definition) is 0. The van der Waals surface area contributed by atoms with Gasteiger partial charge in [-0.15, -0.1) is 11.3 Å². The third-order valence-electron chi connectivity index (χ3n) is 4.46. The monoisotopic (exact) mass is 371 g/mol. The Morgan fingerprint density at radius 2 is 2.00 bits per heavy atom. The fourth-order valence-corrected chi connectivity index (χ4v) is 4.30. The molecule has 0 aliphatic rings. The molecule has 3 rings (SSSR count). The minimum atomic E-state index is -0.290. The minimum absolute atomic E-state index is 0.0466. The Kier molecular flexibility index (Phi) is 5.32. The van der Waals surface area contributed by atoms with Gasteiger partial charge in [-0.05, 0) is 44.0 Å². The number of thiophene rings is 1. The summed E-state index contributed by atoms with van der Waals surface area (Å²) in [5.74, 6) is 0.458. The van der Waals surface area contributed by atoms with Crippen LogP contribution in [0.3, 0.4) is 0 Å². The first-order valence-electron chi connectivity index (χ1n) is 8.74. The maximum atomic E-state index is 13.4. The molecule has 0 N–H and O–H groups in total. The molecular formula is C20H22FN3OS. The summed E-state index contributed by atoms with van der Waals surface area (Å²) in [4.78, 5) is 25.5. The number of aromatic nitrogens is 2. The Morgan fingerprint density at radius 3 is 2.65 bits per heavy atom. The number of nitrogens with zero attached hydrogens (tertiary/aromatic N) is 3. The Bertz CT molecular complexity index is 967. The van der Waals surface area contributed by atoms with Crippen LogP contribution in [0.4, 0.5) is 4.39 Å². The average Bonchev–Trinajstić information content (AvgIpc) is 2.96. The summed E-state index contributed by atoms with van der Waals surface area (Å²) in [7, 11) is 0. The highest BCUT2D eigenvalue weighted by atomic mass is 32.1. The van der Waals surface area contributed by atoms with Crippen molar-refractivity contribution in [3.8, 4) is 0 Å². The van der Waals surface area contributed by atoms with Gasteiger partial charge in [-0.25, -0.2) is 14.4 Å². The second kappa shape index (κ2) is 7.50. The lowest BCUT2D eigenvalue weighted by atomic mass is 10.1. The molecule has 1 aromatic carbocycles. The molecule has 0 saturated heterocycles. The van der Waals surface area contributed by atoms with Crippen molar-refractivity contribution in [1.29, 1.82) is 0 Å². The maximum absolute atomic E-state index is 13.4. The van der Waals surface area contributed by atoms with Crippen molar-refractivity contribution in [1.82, 2.24) is 14.9 Å². The normalized spacial score (nSPS) is 11.1. The van der Waals surface area contributed by atoms with Crippen LogP contribution in [0.5, 0.6) is 0 Å². The third-order valence-corrected chi connectivity index (χ3v) is 5.63. The van der Waals surface area contributed by atoms with Crippen LogP contribution in [0.2, 0.25) is 0 Å². The van der Waals surface area contributed by atoms with Crippen LogP contribution in [-0.2, 0) is 13.0 Å². The molecule has 0 aliphatic heterocycles. The van der Waals surface area contributed by atoms with Crippen LogP contribution in [0.15, 0.2) is 24.3 Å². The molecule has 1 amide bonds. The minimum Gasteiger partial charge on any atom is -0.334 e. The number of halogens is 1. The van der Waals surface area contributed by atoms with Gasteiger partial charge in [0.2, 0.25) is 0 Å². The van der Waals surface area contributed by atoms with Crippen molar-refractivity contribution in [2.24, 2.45) is 0 Å². The molecule has 0 saturated carbocycles. The first kappa shape index (κ1) is 18.5. The summed E-state index contributed by atoms with van der Waals surface area (Å²) in [6.45, 7) is 8.79. The maximum Gasteiger partial charge on any atom is 0.264 e. The second-order valence-electron chi connectivity index (χ2n) is 6.26. The standard InChI is InChI=1S/C20H22FN3OS/c1-5-16-22-13(4)17-12(3)18(26-19(17)23-16)20(25)24(6-2)11-14-8-7-9-15(21)10-14/h7-10H,5-6,11H2,1-4H3. The molecule has 2 heterocycles. The molecule has 26 heavy (non-hydrogen) atoms. The molecule has 136 valence electrons. The zero-order chi connectivity index (χ0) is 18.8. The Labute approximate surface area is 156 Å². The van der Waals surface area contributed by atoms with E-state index in [1.165, 1.54) is 23.5 Å². The molecule has 0 bridgehead atoms. The summed E-state index contributed by atoms with van der Waals surface area (Å²) >= 11 is 1.42. The van der Waals surface area contributed by atoms with Gasteiger partial charge >= 0.3 is 0 Å². The number of carbonyl (C=O) groups excluding carboxylic acids is 1. The molecular weight excluding hydrogens is 349 g/mol. The van der Waals surface area contributed by atoms with Gasteiger partial charge < -0.3 is 4.90 Å². The average molecular weight is 371 g/mol. The predicted molar refractivity (Wildman–Crippen MR) is 103 cm³/mol. The van der Waals surface area contributed by atoms with Crippen LogP contribution >= 0.6 is 11.3 Å². The van der Waals surface area contributed by atoms with E-state index in [-0.39, 0.29) is 11.7 Å². The van der Waals surface area contributed by atoms with E-state index in [0.29, 0.717) is 18.0 Å². The van der Waals surface area contributed by atoms with E-state index in [1.54, 1.807) is 11.0 Å². The van der Waals surface area contributed by atoms with E-state index >= 15 is 0 Å². The van der Waals surface area contributed by atoms with E-state index < -0.39 is 0 Å². The van der Waals surface area contributed by atoms with E-state index in [2.05, 4.69) is 9.97 Å². The molecule has 0 unspecified atom stereocenters. The lowest BCUT2D eigenvalue weighted by molar-refractivity contribution is 0.0756. The zero-order valence-electron chi connectivity index (χ0n) is 15.5. The summed E-state index contributed by atoms with van der Waals surface area (Å²) in [5.41, 5.74) is 2.61. The Hall–Kier alpha value is -2.34. The number of fused-ring (bicyclic) bond motifs is 1. The largest absolute Gasteiger partial charge is 0.334 e. The number of carbonyl (C=O) groups is 1. The summed E-state index contributed by atoms with van der Waals surface area (Å²) in [6, 6.07) is 6.38. The van der Waals surface area contributed by atoms with Crippen molar-refractivity contribution < 1.29 is 9.18 Å². The van der Waals surface area contributed by atoms with Crippen LogP contribution in [0, 0.1) is 19.7 Å². The van der Waals surface area contributed by atoms with E-state index in [9.17, 15) is 9.18 Å². The summed E-state index contributed by atoms with van der Waals surface area (Å²) < 4.78 is 13.4. The molecule has 4 nitrogen and oxygen atoms in total. The number of rotatable bonds is 5. The van der Waals surface area contributed by atoms with Crippen molar-refractivity contribution in [3.63, 3.8) is 0 Å². The topological polar surface area (TPSA) is 46.1 Å². The van der Waals surface area contributed by atoms with Gasteiger partial charge in [-0.1, -0.05) is 19.1 Å². The fourth-order valence-electron chi connectivity index (χ4n) is 3.08. The molecule has 2 aromatic heterocycles. The molecule has 3 aromatic rings. The highest BCUT2D eigenvalue weighted by Crippen LogP contribution is 2.32. The lowest BCUT2D eigenvalue weighted by Gasteiger charge is -2.20. The molecule has 0 spiro atoms. The van der Waals surface area contributed by atoms with Gasteiger partial charge in [-0.3, -0.25) is 4.79 Å². The highest BCUT2D eigenvalue weighted by molar-refractivity contribution is 7.20. The smallest absolute Gasteiger partial charge is 0.264 e. The van der Waals surface area contributed by atoms with Crippen LogP contribution in [0.25, 0.3) is 10.2 Å². The number of hydrogen-bond acceptors (Lipinski definition) is 4. The molecule has 0 fully saturated rings. The van der Waals surface area contributed by atoms with Crippen molar-refractivity contribution in [2.45, 2.75) is 40.7 Å². The molecule has 0 atom stereocenters.